The lowest BCUT2D eigenvalue weighted by Crippen LogP contribution is -2.23. The summed E-state index contributed by atoms with van der Waals surface area (Å²) in [7, 11) is -2.37. The van der Waals surface area contributed by atoms with Crippen molar-refractivity contribution >= 4 is 10.8 Å². The van der Waals surface area contributed by atoms with Gasteiger partial charge in [0, 0.05) is 23.8 Å². The van der Waals surface area contributed by atoms with Gasteiger partial charge in [-0.2, -0.15) is 13.2 Å². The molecule has 126 valence electrons. The maximum Gasteiger partial charge on any atom is 0.400 e. The van der Waals surface area contributed by atoms with Crippen molar-refractivity contribution in [2.45, 2.75) is 31.5 Å². The molecule has 0 aliphatic carbocycles. The van der Waals surface area contributed by atoms with E-state index in [0.29, 0.717) is 6.54 Å². The molecule has 1 atom stereocenters. The van der Waals surface area contributed by atoms with Crippen LogP contribution < -0.4 is 5.69 Å². The molecule has 1 aromatic carbocycles. The van der Waals surface area contributed by atoms with E-state index in [1.165, 1.54) is 23.9 Å². The molecule has 1 aromatic heterocycles. The number of alkyl halides is 3. The van der Waals surface area contributed by atoms with Gasteiger partial charge in [0.2, 0.25) is 0 Å². The average Bonchev–Trinajstić information content (AvgIpc) is 2.78. The minimum atomic E-state index is -4.60. The smallest absolute Gasteiger partial charge is 0.299 e. The van der Waals surface area contributed by atoms with E-state index in [-0.39, 0.29) is 16.1 Å². The van der Waals surface area contributed by atoms with E-state index in [1.807, 2.05) is 0 Å². The van der Waals surface area contributed by atoms with Gasteiger partial charge in [-0.3, -0.25) is 13.3 Å². The Balaban J connectivity index is 2.54. The normalized spacial score (nSPS) is 13.3. The fraction of sp³-hybridized carbons (Fsp3) is 0.357. The van der Waals surface area contributed by atoms with Crippen LogP contribution in [-0.4, -0.2) is 25.3 Å². The lowest BCUT2D eigenvalue weighted by molar-refractivity contribution is -0.105. The van der Waals surface area contributed by atoms with E-state index in [1.54, 1.807) is 6.92 Å². The Hall–Kier alpha value is -1.90. The molecule has 0 spiro atoms. The van der Waals surface area contributed by atoms with E-state index < -0.39 is 34.2 Å². The summed E-state index contributed by atoms with van der Waals surface area (Å²) < 4.78 is 65.6. The van der Waals surface area contributed by atoms with Crippen molar-refractivity contribution in [1.82, 2.24) is 9.13 Å². The van der Waals surface area contributed by atoms with Crippen LogP contribution in [0.15, 0.2) is 34.2 Å². The van der Waals surface area contributed by atoms with Gasteiger partial charge in [-0.05, 0) is 31.5 Å². The van der Waals surface area contributed by atoms with Crippen molar-refractivity contribution in [1.29, 1.82) is 0 Å². The largest absolute Gasteiger partial charge is 0.400 e. The number of imidazole rings is 1. The number of rotatable bonds is 4. The molecule has 23 heavy (non-hydrogen) atoms. The third-order valence-corrected chi connectivity index (χ3v) is 4.75. The Morgan fingerprint density at radius 1 is 1.22 bits per heavy atom. The molecule has 1 heterocycles. The third kappa shape index (κ3) is 3.72. The molecule has 0 bridgehead atoms. The monoisotopic (exact) mass is 350 g/mol. The number of halogens is 4. The van der Waals surface area contributed by atoms with Crippen molar-refractivity contribution < 1.29 is 21.8 Å². The second-order valence-corrected chi connectivity index (χ2v) is 6.33. The maximum absolute atomic E-state index is 14.1. The van der Waals surface area contributed by atoms with E-state index >= 15 is 0 Å². The molecule has 2 aromatic rings. The van der Waals surface area contributed by atoms with Crippen LogP contribution in [0.25, 0.3) is 5.69 Å². The zero-order valence-corrected chi connectivity index (χ0v) is 13.2. The predicted octanol–water partition coefficient (Wildman–Crippen LogP) is 2.78. The molecule has 0 N–H and O–H groups in total. The van der Waals surface area contributed by atoms with Crippen LogP contribution in [0, 0.1) is 12.7 Å². The zero-order chi connectivity index (χ0) is 17.4. The lowest BCUT2D eigenvalue weighted by atomic mass is 10.2. The molecule has 0 amide bonds. The molecule has 0 aliphatic heterocycles. The van der Waals surface area contributed by atoms with Crippen LogP contribution >= 0.6 is 0 Å². The number of hydrogen-bond donors (Lipinski definition) is 0. The quantitative estimate of drug-likeness (QED) is 0.796. The first-order valence-corrected chi connectivity index (χ1v) is 7.99. The molecule has 9 heteroatoms. The number of aromatic nitrogens is 2. The van der Waals surface area contributed by atoms with Crippen LogP contribution in [0.5, 0.6) is 0 Å². The standard InChI is InChI=1S/C14H14F4N2O2S/c1-3-19-4-5-20(13(19)21)11-7-12(9(2)6-10(11)15)23(22)8-14(16,17)18/h4-7H,3,8H2,1-2H3. The van der Waals surface area contributed by atoms with Crippen molar-refractivity contribution in [2.24, 2.45) is 0 Å². The first kappa shape index (κ1) is 17.5. The average molecular weight is 350 g/mol. The highest BCUT2D eigenvalue weighted by atomic mass is 32.2. The van der Waals surface area contributed by atoms with Crippen LogP contribution in [0.4, 0.5) is 17.6 Å². The summed E-state index contributed by atoms with van der Waals surface area (Å²) >= 11 is 0. The Morgan fingerprint density at radius 3 is 2.39 bits per heavy atom. The summed E-state index contributed by atoms with van der Waals surface area (Å²) in [5, 5.41) is 0. The molecule has 0 fully saturated rings. The Morgan fingerprint density at radius 2 is 1.87 bits per heavy atom. The van der Waals surface area contributed by atoms with Crippen molar-refractivity contribution in [3.05, 3.63) is 46.4 Å². The fourth-order valence-corrected chi connectivity index (χ4v) is 3.25. The second kappa shape index (κ2) is 6.31. The summed E-state index contributed by atoms with van der Waals surface area (Å²) in [5.41, 5.74) is -0.613. The molecule has 0 saturated carbocycles. The minimum absolute atomic E-state index is 0.136. The first-order valence-electron chi connectivity index (χ1n) is 6.67. The first-order chi connectivity index (χ1) is 10.6. The fourth-order valence-electron chi connectivity index (χ4n) is 2.14. The highest BCUT2D eigenvalue weighted by Crippen LogP contribution is 2.25. The summed E-state index contributed by atoms with van der Waals surface area (Å²) in [6, 6.07) is 2.02. The van der Waals surface area contributed by atoms with Crippen molar-refractivity contribution in [3.63, 3.8) is 0 Å². The summed E-state index contributed by atoms with van der Waals surface area (Å²) in [5.74, 6) is -2.30. The highest BCUT2D eigenvalue weighted by molar-refractivity contribution is 7.85. The predicted molar refractivity (Wildman–Crippen MR) is 77.7 cm³/mol. The van der Waals surface area contributed by atoms with Gasteiger partial charge in [0.15, 0.2) is 0 Å². The second-order valence-electron chi connectivity index (χ2n) is 4.91. The van der Waals surface area contributed by atoms with Gasteiger partial charge in [-0.1, -0.05) is 0 Å². The van der Waals surface area contributed by atoms with E-state index in [4.69, 9.17) is 0 Å². The summed E-state index contributed by atoms with van der Waals surface area (Å²) in [6.07, 6.45) is -1.85. The molecule has 0 aliphatic rings. The van der Waals surface area contributed by atoms with Crippen LogP contribution in [0.1, 0.15) is 12.5 Å². The Labute approximate surface area is 131 Å². The van der Waals surface area contributed by atoms with Crippen LogP contribution in [0.3, 0.4) is 0 Å². The number of hydrogen-bond acceptors (Lipinski definition) is 2. The molecule has 4 nitrogen and oxygen atoms in total. The van der Waals surface area contributed by atoms with Gasteiger partial charge in [0.25, 0.3) is 0 Å². The number of benzene rings is 1. The maximum atomic E-state index is 14.1. The van der Waals surface area contributed by atoms with E-state index in [2.05, 4.69) is 0 Å². The van der Waals surface area contributed by atoms with Gasteiger partial charge >= 0.3 is 11.9 Å². The molecular weight excluding hydrogens is 336 g/mol. The molecule has 0 saturated heterocycles. The summed E-state index contributed by atoms with van der Waals surface area (Å²) in [4.78, 5) is 11.9. The summed E-state index contributed by atoms with van der Waals surface area (Å²) in [6.45, 7) is 3.46. The van der Waals surface area contributed by atoms with Crippen LogP contribution in [-0.2, 0) is 17.3 Å². The van der Waals surface area contributed by atoms with Gasteiger partial charge in [-0.15, -0.1) is 0 Å². The SMILES string of the molecule is CCn1ccn(-c2cc(S(=O)CC(F)(F)F)c(C)cc2F)c1=O. The van der Waals surface area contributed by atoms with E-state index in [0.717, 1.165) is 16.7 Å². The minimum Gasteiger partial charge on any atom is -0.299 e. The van der Waals surface area contributed by atoms with Crippen molar-refractivity contribution in [3.8, 4) is 5.69 Å². The van der Waals surface area contributed by atoms with E-state index in [9.17, 15) is 26.6 Å². The Bertz CT molecular complexity index is 808. The number of nitrogens with zero attached hydrogens (tertiary/aromatic N) is 2. The molecule has 0 radical (unpaired) electrons. The molecule has 1 unspecified atom stereocenters. The van der Waals surface area contributed by atoms with Gasteiger partial charge < -0.3 is 0 Å². The molecule has 2 rings (SSSR count). The van der Waals surface area contributed by atoms with Crippen LogP contribution in [0.2, 0.25) is 0 Å². The third-order valence-electron chi connectivity index (χ3n) is 3.23. The highest BCUT2D eigenvalue weighted by Gasteiger charge is 2.32. The van der Waals surface area contributed by atoms with Gasteiger partial charge in [-0.25, -0.2) is 9.18 Å². The van der Waals surface area contributed by atoms with Crippen molar-refractivity contribution in [2.75, 3.05) is 5.75 Å². The number of aryl methyl sites for hydroxylation is 2. The Kier molecular flexibility index (Phi) is 4.79. The zero-order valence-electron chi connectivity index (χ0n) is 12.4. The van der Waals surface area contributed by atoms with Gasteiger partial charge in [0.1, 0.15) is 11.6 Å². The topological polar surface area (TPSA) is 44.0 Å². The van der Waals surface area contributed by atoms with Gasteiger partial charge in [0.05, 0.1) is 16.5 Å². The molecular formula is C14H14F4N2O2S. The lowest BCUT2D eigenvalue weighted by Gasteiger charge is -2.12.